The molecule has 1 aliphatic rings. The van der Waals surface area contributed by atoms with Crippen molar-refractivity contribution in [3.05, 3.63) is 46.3 Å². The third-order valence-corrected chi connectivity index (χ3v) is 6.31. The number of amides is 2. The van der Waals surface area contributed by atoms with E-state index in [-0.39, 0.29) is 5.41 Å². The van der Waals surface area contributed by atoms with Gasteiger partial charge in [0, 0.05) is 30.6 Å². The van der Waals surface area contributed by atoms with Crippen LogP contribution in [-0.4, -0.2) is 53.2 Å². The molecule has 180 valence electrons. The van der Waals surface area contributed by atoms with Crippen LogP contribution in [0.3, 0.4) is 0 Å². The molecule has 2 amide bonds. The number of hydrazine groups is 1. The molecule has 2 N–H and O–H groups in total. The molecule has 0 atom stereocenters. The van der Waals surface area contributed by atoms with E-state index in [4.69, 9.17) is 9.26 Å². The van der Waals surface area contributed by atoms with Gasteiger partial charge in [0.15, 0.2) is 5.13 Å². The lowest BCUT2D eigenvalue weighted by atomic mass is 9.92. The Bertz CT molecular complexity index is 1180. The number of hydrogen-bond donors (Lipinski definition) is 2. The highest BCUT2D eigenvalue weighted by atomic mass is 32.1. The van der Waals surface area contributed by atoms with Gasteiger partial charge in [-0.1, -0.05) is 49.4 Å². The van der Waals surface area contributed by atoms with Crippen LogP contribution in [0.1, 0.15) is 52.4 Å². The number of anilines is 1. The Labute approximate surface area is 201 Å². The van der Waals surface area contributed by atoms with E-state index in [1.54, 1.807) is 31.2 Å². The summed E-state index contributed by atoms with van der Waals surface area (Å²) >= 11 is 1.30. The molecule has 0 radical (unpaired) electrons. The number of nitrogens with one attached hydrogen (secondary N) is 2. The zero-order valence-electron chi connectivity index (χ0n) is 19.7. The number of hydrogen-bond acceptors (Lipinski definition) is 9. The van der Waals surface area contributed by atoms with Gasteiger partial charge in [0.1, 0.15) is 4.88 Å². The Balaban J connectivity index is 1.39. The fourth-order valence-corrected chi connectivity index (χ4v) is 4.44. The molecule has 3 heterocycles. The van der Waals surface area contributed by atoms with Crippen molar-refractivity contribution in [2.75, 3.05) is 31.2 Å². The number of rotatable bonds is 5. The number of benzene rings is 1. The van der Waals surface area contributed by atoms with Crippen molar-refractivity contribution in [3.8, 4) is 11.4 Å². The zero-order chi connectivity index (χ0) is 24.3. The number of carbonyl (C=O) groups is 2. The first-order valence-electron chi connectivity index (χ1n) is 11.0. The predicted molar refractivity (Wildman–Crippen MR) is 128 cm³/mol. The van der Waals surface area contributed by atoms with E-state index in [0.29, 0.717) is 53.0 Å². The molecule has 0 spiro atoms. The molecule has 0 saturated carbocycles. The first-order valence-corrected chi connectivity index (χ1v) is 11.8. The molecule has 11 heteroatoms. The van der Waals surface area contributed by atoms with Gasteiger partial charge in [0.2, 0.25) is 11.7 Å². The van der Waals surface area contributed by atoms with Gasteiger partial charge in [0.05, 0.1) is 18.9 Å². The first kappa shape index (κ1) is 23.8. The highest BCUT2D eigenvalue weighted by molar-refractivity contribution is 7.17. The fourth-order valence-electron chi connectivity index (χ4n) is 3.42. The van der Waals surface area contributed by atoms with Crippen LogP contribution in [0.5, 0.6) is 0 Å². The number of nitrogens with zero attached hydrogens (tertiary/aromatic N) is 4. The molecule has 4 rings (SSSR count). The molecule has 0 aliphatic carbocycles. The van der Waals surface area contributed by atoms with Crippen molar-refractivity contribution < 1.29 is 18.8 Å². The number of ether oxygens (including phenoxy) is 1. The number of carbonyl (C=O) groups excluding carboxylic acids is 2. The summed E-state index contributed by atoms with van der Waals surface area (Å²) in [4.78, 5) is 36.8. The monoisotopic (exact) mass is 484 g/mol. The SMILES string of the molecule is Cc1nc(N2CCOCC2)sc1C(=O)NNC(=O)c1cccc(-c2noc(CC(C)(C)C)n2)c1. The predicted octanol–water partition coefficient (Wildman–Crippen LogP) is 3.00. The molecule has 1 aromatic carbocycles. The second-order valence-electron chi connectivity index (χ2n) is 9.25. The Hall–Kier alpha value is -3.31. The molecule has 1 fully saturated rings. The van der Waals surface area contributed by atoms with Crippen LogP contribution in [0.15, 0.2) is 28.8 Å². The molecule has 10 nitrogen and oxygen atoms in total. The number of aromatic nitrogens is 3. The third kappa shape index (κ3) is 5.78. The van der Waals surface area contributed by atoms with Crippen LogP contribution in [0, 0.1) is 12.3 Å². The summed E-state index contributed by atoms with van der Waals surface area (Å²) in [7, 11) is 0. The summed E-state index contributed by atoms with van der Waals surface area (Å²) in [5.74, 6) is 0.0861. The fraction of sp³-hybridized carbons (Fsp3) is 0.435. The summed E-state index contributed by atoms with van der Waals surface area (Å²) < 4.78 is 10.7. The summed E-state index contributed by atoms with van der Waals surface area (Å²) in [5, 5.41) is 4.80. The summed E-state index contributed by atoms with van der Waals surface area (Å²) in [6, 6.07) is 6.83. The van der Waals surface area contributed by atoms with E-state index in [1.165, 1.54) is 11.3 Å². The van der Waals surface area contributed by atoms with E-state index in [9.17, 15) is 9.59 Å². The number of morpholine rings is 1. The van der Waals surface area contributed by atoms with E-state index in [1.807, 2.05) is 0 Å². The normalized spacial score (nSPS) is 14.2. The van der Waals surface area contributed by atoms with Crippen molar-refractivity contribution in [1.82, 2.24) is 26.0 Å². The van der Waals surface area contributed by atoms with E-state index in [2.05, 4.69) is 51.6 Å². The van der Waals surface area contributed by atoms with Crippen molar-refractivity contribution in [2.45, 2.75) is 34.1 Å². The lowest BCUT2D eigenvalue weighted by Gasteiger charge is -2.25. The maximum atomic E-state index is 12.7. The smallest absolute Gasteiger partial charge is 0.281 e. The average Bonchev–Trinajstić information content (AvgIpc) is 3.43. The van der Waals surface area contributed by atoms with Crippen LogP contribution in [0.2, 0.25) is 0 Å². The molecule has 1 saturated heterocycles. The Kier molecular flexibility index (Phi) is 6.94. The second kappa shape index (κ2) is 9.90. The van der Waals surface area contributed by atoms with Gasteiger partial charge in [0.25, 0.3) is 11.8 Å². The van der Waals surface area contributed by atoms with Crippen molar-refractivity contribution in [1.29, 1.82) is 0 Å². The minimum absolute atomic E-state index is 0.0170. The largest absolute Gasteiger partial charge is 0.378 e. The second-order valence-corrected chi connectivity index (χ2v) is 10.2. The Morgan fingerprint density at radius 2 is 1.85 bits per heavy atom. The molecule has 34 heavy (non-hydrogen) atoms. The molecule has 2 aromatic heterocycles. The van der Waals surface area contributed by atoms with Crippen LogP contribution in [0.25, 0.3) is 11.4 Å². The van der Waals surface area contributed by atoms with E-state index >= 15 is 0 Å². The number of aryl methyl sites for hydroxylation is 1. The maximum absolute atomic E-state index is 12.7. The summed E-state index contributed by atoms with van der Waals surface area (Å²) in [6.07, 6.45) is 0.649. The summed E-state index contributed by atoms with van der Waals surface area (Å²) in [6.45, 7) is 10.8. The van der Waals surface area contributed by atoms with Crippen LogP contribution in [0.4, 0.5) is 5.13 Å². The molecular formula is C23H28N6O4S. The first-order chi connectivity index (χ1) is 16.2. The number of thiazole rings is 1. The highest BCUT2D eigenvalue weighted by Crippen LogP contribution is 2.27. The lowest BCUT2D eigenvalue weighted by Crippen LogP contribution is -2.41. The maximum Gasteiger partial charge on any atom is 0.281 e. The van der Waals surface area contributed by atoms with Gasteiger partial charge in [-0.25, -0.2) is 4.98 Å². The van der Waals surface area contributed by atoms with Gasteiger partial charge < -0.3 is 14.2 Å². The van der Waals surface area contributed by atoms with E-state index < -0.39 is 11.8 Å². The lowest BCUT2D eigenvalue weighted by molar-refractivity contribution is 0.0848. The average molecular weight is 485 g/mol. The van der Waals surface area contributed by atoms with Gasteiger partial charge in [-0.15, -0.1) is 0 Å². The third-order valence-electron chi connectivity index (χ3n) is 5.10. The Morgan fingerprint density at radius 3 is 2.59 bits per heavy atom. The van der Waals surface area contributed by atoms with Crippen molar-refractivity contribution in [3.63, 3.8) is 0 Å². The van der Waals surface area contributed by atoms with Gasteiger partial charge in [-0.2, -0.15) is 4.98 Å². The van der Waals surface area contributed by atoms with Crippen LogP contribution in [-0.2, 0) is 11.2 Å². The minimum atomic E-state index is -0.454. The quantitative estimate of drug-likeness (QED) is 0.530. The molecule has 0 bridgehead atoms. The molecule has 3 aromatic rings. The van der Waals surface area contributed by atoms with E-state index in [0.717, 1.165) is 18.2 Å². The van der Waals surface area contributed by atoms with Gasteiger partial charge >= 0.3 is 0 Å². The van der Waals surface area contributed by atoms with Crippen molar-refractivity contribution in [2.24, 2.45) is 5.41 Å². The molecular weight excluding hydrogens is 456 g/mol. The minimum Gasteiger partial charge on any atom is -0.378 e. The zero-order valence-corrected chi connectivity index (χ0v) is 20.5. The van der Waals surface area contributed by atoms with Gasteiger partial charge in [-0.3, -0.25) is 20.4 Å². The summed E-state index contributed by atoms with van der Waals surface area (Å²) in [5.41, 5.74) is 6.59. The van der Waals surface area contributed by atoms with Gasteiger partial charge in [-0.05, 0) is 24.5 Å². The van der Waals surface area contributed by atoms with Crippen LogP contribution < -0.4 is 15.8 Å². The Morgan fingerprint density at radius 1 is 1.12 bits per heavy atom. The molecule has 0 unspecified atom stereocenters. The standard InChI is InChI=1S/C23H28N6O4S/c1-14-18(34-22(24-14)29-8-10-32-11-9-29)21(31)27-26-20(30)16-7-5-6-15(12-16)19-25-17(33-28-19)13-23(2,3)4/h5-7,12H,8-11,13H2,1-4H3,(H,26,30)(H,27,31). The van der Waals surface area contributed by atoms with Crippen molar-refractivity contribution >= 4 is 28.3 Å². The molecule has 1 aliphatic heterocycles. The van der Waals surface area contributed by atoms with Crippen LogP contribution >= 0.6 is 11.3 Å². The topological polar surface area (TPSA) is 122 Å². The highest BCUT2D eigenvalue weighted by Gasteiger charge is 2.21.